The Bertz CT molecular complexity index is 1190. The van der Waals surface area contributed by atoms with Gasteiger partial charge in [-0.25, -0.2) is 4.79 Å². The van der Waals surface area contributed by atoms with E-state index in [1.807, 2.05) is 43.3 Å². The fourth-order valence-electron chi connectivity index (χ4n) is 2.93. The number of carbonyl (C=O) groups is 2. The molecule has 3 aromatic carbocycles. The first-order valence-electron chi connectivity index (χ1n) is 9.89. The summed E-state index contributed by atoms with van der Waals surface area (Å²) in [5.74, 6) is -0.593. The summed E-state index contributed by atoms with van der Waals surface area (Å²) in [6, 6.07) is 23.5. The van der Waals surface area contributed by atoms with Crippen molar-refractivity contribution in [3.8, 4) is 11.8 Å². The van der Waals surface area contributed by atoms with Crippen LogP contribution in [0.2, 0.25) is 0 Å². The molecule has 32 heavy (non-hydrogen) atoms. The van der Waals surface area contributed by atoms with Crippen molar-refractivity contribution in [3.63, 3.8) is 0 Å². The van der Waals surface area contributed by atoms with Crippen LogP contribution in [0.1, 0.15) is 27.0 Å². The molecule has 0 aliphatic rings. The van der Waals surface area contributed by atoms with E-state index in [0.717, 1.165) is 5.56 Å². The third-order valence-electron chi connectivity index (χ3n) is 4.64. The molecule has 0 spiro atoms. The van der Waals surface area contributed by atoms with Crippen LogP contribution in [0.25, 0.3) is 6.08 Å². The Labute approximate surface area is 186 Å². The van der Waals surface area contributed by atoms with Crippen LogP contribution in [0.3, 0.4) is 0 Å². The lowest BCUT2D eigenvalue weighted by Gasteiger charge is -2.09. The van der Waals surface area contributed by atoms with Crippen LogP contribution in [-0.2, 0) is 16.1 Å². The molecular formula is C26H22N2O4. The van der Waals surface area contributed by atoms with Crippen LogP contribution < -0.4 is 10.1 Å². The summed E-state index contributed by atoms with van der Waals surface area (Å²) in [5, 5.41) is 12.1. The zero-order chi connectivity index (χ0) is 22.9. The fourth-order valence-corrected chi connectivity index (χ4v) is 2.93. The summed E-state index contributed by atoms with van der Waals surface area (Å²) in [6.45, 7) is 2.43. The number of nitrogens with one attached hydrogen (secondary N) is 1. The van der Waals surface area contributed by atoms with Crippen LogP contribution in [0.5, 0.6) is 5.75 Å². The Morgan fingerprint density at radius 1 is 1.03 bits per heavy atom. The van der Waals surface area contributed by atoms with Crippen molar-refractivity contribution in [2.45, 2.75) is 13.5 Å². The first kappa shape index (κ1) is 22.3. The summed E-state index contributed by atoms with van der Waals surface area (Å²) in [6.07, 6.45) is 1.47. The number of methoxy groups -OCH3 is 1. The van der Waals surface area contributed by atoms with E-state index >= 15 is 0 Å². The quantitative estimate of drug-likeness (QED) is 0.330. The number of carbonyl (C=O) groups excluding carboxylic acids is 2. The van der Waals surface area contributed by atoms with Crippen molar-refractivity contribution in [2.75, 3.05) is 12.4 Å². The third-order valence-corrected chi connectivity index (χ3v) is 4.64. The van der Waals surface area contributed by atoms with Gasteiger partial charge in [-0.15, -0.1) is 0 Å². The Morgan fingerprint density at radius 3 is 2.50 bits per heavy atom. The van der Waals surface area contributed by atoms with Crippen LogP contribution in [0, 0.1) is 18.3 Å². The number of amides is 1. The highest BCUT2D eigenvalue weighted by Crippen LogP contribution is 2.20. The predicted octanol–water partition coefficient (Wildman–Crippen LogP) is 4.91. The number of ether oxygens (including phenoxy) is 2. The highest BCUT2D eigenvalue weighted by atomic mass is 16.5. The van der Waals surface area contributed by atoms with E-state index in [1.165, 1.54) is 24.8 Å². The molecular weight excluding hydrogens is 404 g/mol. The van der Waals surface area contributed by atoms with Crippen LogP contribution in [0.15, 0.2) is 78.4 Å². The molecule has 0 unspecified atom stereocenters. The standard InChI is InChI=1S/C26H22N2O4/c1-18-10-12-19(13-11-18)17-32-22-7-5-6-20(15-22)14-21(16-27)25(29)28-24-9-4-3-8-23(24)26(30)31-2/h3-15H,17H2,1-2H3,(H,28,29)/b21-14-. The van der Waals surface area contributed by atoms with Gasteiger partial charge in [-0.3, -0.25) is 4.79 Å². The molecule has 0 aromatic heterocycles. The van der Waals surface area contributed by atoms with Crippen molar-refractivity contribution in [1.82, 2.24) is 0 Å². The second kappa shape index (κ2) is 10.6. The van der Waals surface area contributed by atoms with E-state index < -0.39 is 11.9 Å². The lowest BCUT2D eigenvalue weighted by atomic mass is 10.1. The number of aryl methyl sites for hydroxylation is 1. The first-order chi connectivity index (χ1) is 15.5. The van der Waals surface area contributed by atoms with Gasteiger partial charge in [0.2, 0.25) is 0 Å². The average molecular weight is 426 g/mol. The second-order valence-corrected chi connectivity index (χ2v) is 7.01. The molecule has 160 valence electrons. The number of benzene rings is 3. The van der Waals surface area contributed by atoms with Crippen molar-refractivity contribution >= 4 is 23.6 Å². The maximum Gasteiger partial charge on any atom is 0.339 e. The van der Waals surface area contributed by atoms with E-state index in [1.54, 1.807) is 36.4 Å². The molecule has 3 aromatic rings. The second-order valence-electron chi connectivity index (χ2n) is 7.01. The molecule has 1 N–H and O–H groups in total. The van der Waals surface area contributed by atoms with Gasteiger partial charge in [0, 0.05) is 0 Å². The summed E-state index contributed by atoms with van der Waals surface area (Å²) in [7, 11) is 1.26. The average Bonchev–Trinajstić information content (AvgIpc) is 2.82. The van der Waals surface area contributed by atoms with Gasteiger partial charge in [0.05, 0.1) is 18.4 Å². The highest BCUT2D eigenvalue weighted by Gasteiger charge is 2.16. The van der Waals surface area contributed by atoms with E-state index in [2.05, 4.69) is 5.32 Å². The van der Waals surface area contributed by atoms with Gasteiger partial charge in [0.25, 0.3) is 5.91 Å². The normalized spacial score (nSPS) is 10.7. The number of rotatable bonds is 7. The Kier molecular flexibility index (Phi) is 7.39. The maximum absolute atomic E-state index is 12.6. The van der Waals surface area contributed by atoms with Gasteiger partial charge >= 0.3 is 5.97 Å². The molecule has 1 amide bonds. The van der Waals surface area contributed by atoms with Crippen LogP contribution in [-0.4, -0.2) is 19.0 Å². The first-order valence-corrected chi connectivity index (χ1v) is 9.89. The third kappa shape index (κ3) is 5.83. The topological polar surface area (TPSA) is 88.4 Å². The van der Waals surface area contributed by atoms with Crippen LogP contribution in [0.4, 0.5) is 5.69 Å². The zero-order valence-corrected chi connectivity index (χ0v) is 17.8. The number of anilines is 1. The van der Waals surface area contributed by atoms with Crippen molar-refractivity contribution in [2.24, 2.45) is 0 Å². The molecule has 0 aliphatic heterocycles. The molecule has 0 saturated heterocycles. The molecule has 6 nitrogen and oxygen atoms in total. The van der Waals surface area contributed by atoms with Gasteiger partial charge in [-0.05, 0) is 48.4 Å². The molecule has 0 saturated carbocycles. The van der Waals surface area contributed by atoms with E-state index in [9.17, 15) is 14.9 Å². The fraction of sp³-hybridized carbons (Fsp3) is 0.115. The summed E-state index contributed by atoms with van der Waals surface area (Å²) >= 11 is 0. The number of nitrogens with zero attached hydrogens (tertiary/aromatic N) is 1. The molecule has 0 heterocycles. The van der Waals surface area contributed by atoms with Gasteiger partial charge in [0.15, 0.2) is 0 Å². The van der Waals surface area contributed by atoms with Crippen molar-refractivity contribution in [1.29, 1.82) is 5.26 Å². The molecule has 0 bridgehead atoms. The smallest absolute Gasteiger partial charge is 0.339 e. The molecule has 0 atom stereocenters. The SMILES string of the molecule is COC(=O)c1ccccc1NC(=O)/C(C#N)=C\c1cccc(OCc2ccc(C)cc2)c1. The molecule has 0 aliphatic carbocycles. The van der Waals surface area contributed by atoms with Crippen LogP contribution >= 0.6 is 0 Å². The Balaban J connectivity index is 1.74. The Hall–Kier alpha value is -4.37. The number of hydrogen-bond acceptors (Lipinski definition) is 5. The lowest BCUT2D eigenvalue weighted by molar-refractivity contribution is -0.112. The van der Waals surface area contributed by atoms with E-state index in [-0.39, 0.29) is 16.8 Å². The number of nitriles is 1. The van der Waals surface area contributed by atoms with Gasteiger partial charge < -0.3 is 14.8 Å². The summed E-state index contributed by atoms with van der Waals surface area (Å²) in [5.41, 5.74) is 3.21. The largest absolute Gasteiger partial charge is 0.489 e. The minimum atomic E-state index is -0.630. The number of para-hydroxylation sites is 1. The predicted molar refractivity (Wildman–Crippen MR) is 122 cm³/mol. The molecule has 3 rings (SSSR count). The lowest BCUT2D eigenvalue weighted by Crippen LogP contribution is -2.16. The number of esters is 1. The van der Waals surface area contributed by atoms with Gasteiger partial charge in [-0.1, -0.05) is 54.1 Å². The molecule has 6 heteroatoms. The number of hydrogen-bond donors (Lipinski definition) is 1. The van der Waals surface area contributed by atoms with Gasteiger partial charge in [0.1, 0.15) is 24.0 Å². The minimum Gasteiger partial charge on any atom is -0.489 e. The van der Waals surface area contributed by atoms with Crippen molar-refractivity contribution < 1.29 is 19.1 Å². The molecule has 0 radical (unpaired) electrons. The summed E-state index contributed by atoms with van der Waals surface area (Å²) < 4.78 is 10.6. The van der Waals surface area contributed by atoms with Crippen molar-refractivity contribution in [3.05, 3.63) is 101 Å². The Morgan fingerprint density at radius 2 is 1.78 bits per heavy atom. The molecule has 0 fully saturated rings. The minimum absolute atomic E-state index is 0.111. The van der Waals surface area contributed by atoms with Gasteiger partial charge in [-0.2, -0.15) is 5.26 Å². The monoisotopic (exact) mass is 426 g/mol. The van der Waals surface area contributed by atoms with E-state index in [0.29, 0.717) is 17.9 Å². The maximum atomic E-state index is 12.6. The summed E-state index contributed by atoms with van der Waals surface area (Å²) in [4.78, 5) is 24.5. The van der Waals surface area contributed by atoms with E-state index in [4.69, 9.17) is 9.47 Å². The highest BCUT2D eigenvalue weighted by molar-refractivity contribution is 6.12. The zero-order valence-electron chi connectivity index (χ0n) is 17.8.